The maximum absolute atomic E-state index is 10.7. The Bertz CT molecular complexity index is 734. The van der Waals surface area contributed by atoms with Crippen molar-refractivity contribution < 1.29 is 9.21 Å². The summed E-state index contributed by atoms with van der Waals surface area (Å²) in [7, 11) is 0. The molecule has 3 rings (SSSR count). The molecule has 0 aliphatic heterocycles. The molecule has 0 spiro atoms. The topological polar surface area (TPSA) is 68.9 Å². The fourth-order valence-electron chi connectivity index (χ4n) is 1.79. The summed E-state index contributed by atoms with van der Waals surface area (Å²) in [6, 6.07) is 7.36. The molecule has 5 heteroatoms. The molecule has 88 valence electrons. The van der Waals surface area contributed by atoms with Crippen molar-refractivity contribution in [1.82, 2.24) is 15.0 Å². The summed E-state index contributed by atoms with van der Waals surface area (Å²) in [5.41, 5.74) is 3.06. The minimum absolute atomic E-state index is 0.168. The van der Waals surface area contributed by atoms with E-state index in [-0.39, 0.29) is 5.82 Å². The van der Waals surface area contributed by atoms with Gasteiger partial charge in [0.05, 0.1) is 5.69 Å². The van der Waals surface area contributed by atoms with Crippen LogP contribution in [0.5, 0.6) is 0 Å². The molecule has 5 nitrogen and oxygen atoms in total. The lowest BCUT2D eigenvalue weighted by Gasteiger charge is -2.00. The monoisotopic (exact) mass is 239 g/mol. The lowest BCUT2D eigenvalue weighted by molar-refractivity contribution is 0.111. The number of carbonyl (C=O) groups excluding carboxylic acids is 1. The van der Waals surface area contributed by atoms with E-state index in [1.54, 1.807) is 19.2 Å². The smallest absolute Gasteiger partial charge is 0.193 e. The minimum atomic E-state index is 0.168. The molecule has 0 bridgehead atoms. The van der Waals surface area contributed by atoms with Gasteiger partial charge in [-0.05, 0) is 18.2 Å². The van der Waals surface area contributed by atoms with Crippen molar-refractivity contribution >= 4 is 17.4 Å². The third kappa shape index (κ3) is 1.75. The third-order valence-electron chi connectivity index (χ3n) is 2.57. The summed E-state index contributed by atoms with van der Waals surface area (Å²) in [4.78, 5) is 22.8. The van der Waals surface area contributed by atoms with Crippen molar-refractivity contribution in [1.29, 1.82) is 0 Å². The summed E-state index contributed by atoms with van der Waals surface area (Å²) in [6.07, 6.45) is 2.18. The van der Waals surface area contributed by atoms with Gasteiger partial charge in [0.1, 0.15) is 5.52 Å². The van der Waals surface area contributed by atoms with Gasteiger partial charge < -0.3 is 4.42 Å². The molecular weight excluding hydrogens is 230 g/mol. The van der Waals surface area contributed by atoms with Gasteiger partial charge in [0.25, 0.3) is 0 Å². The van der Waals surface area contributed by atoms with Crippen LogP contribution < -0.4 is 0 Å². The largest absolute Gasteiger partial charge is 0.441 e. The van der Waals surface area contributed by atoms with Crippen LogP contribution in [0, 0.1) is 6.92 Å². The Kier molecular flexibility index (Phi) is 2.37. The Balaban J connectivity index is 2.15. The standard InChI is InChI=1S/C13H9N3O2/c1-8-15-11-3-2-9(6-12(11)18-8)10-4-5-14-13(7-17)16-10/h2-7H,1H3. The van der Waals surface area contributed by atoms with Crippen molar-refractivity contribution in [3.8, 4) is 11.3 Å². The molecule has 0 amide bonds. The van der Waals surface area contributed by atoms with E-state index in [9.17, 15) is 4.79 Å². The van der Waals surface area contributed by atoms with E-state index in [1.807, 2.05) is 18.2 Å². The van der Waals surface area contributed by atoms with E-state index >= 15 is 0 Å². The molecule has 0 saturated heterocycles. The van der Waals surface area contributed by atoms with E-state index in [0.717, 1.165) is 11.1 Å². The normalized spacial score (nSPS) is 10.7. The number of benzene rings is 1. The maximum atomic E-state index is 10.7. The van der Waals surface area contributed by atoms with Crippen molar-refractivity contribution in [2.24, 2.45) is 0 Å². The molecule has 2 aromatic heterocycles. The highest BCUT2D eigenvalue weighted by Crippen LogP contribution is 2.23. The van der Waals surface area contributed by atoms with Crippen LogP contribution in [0.2, 0.25) is 0 Å². The molecule has 0 aliphatic carbocycles. The average molecular weight is 239 g/mol. The first-order valence-corrected chi connectivity index (χ1v) is 5.42. The second-order valence-electron chi connectivity index (χ2n) is 3.83. The fourth-order valence-corrected chi connectivity index (χ4v) is 1.79. The Labute approximate surface area is 103 Å². The van der Waals surface area contributed by atoms with Gasteiger partial charge in [0, 0.05) is 18.7 Å². The lowest BCUT2D eigenvalue weighted by Crippen LogP contribution is -1.93. The van der Waals surface area contributed by atoms with Crippen LogP contribution in [0.1, 0.15) is 16.5 Å². The number of aryl methyl sites for hydroxylation is 1. The van der Waals surface area contributed by atoms with Crippen molar-refractivity contribution in [3.63, 3.8) is 0 Å². The fraction of sp³-hybridized carbons (Fsp3) is 0.0769. The Morgan fingerprint density at radius 1 is 1.22 bits per heavy atom. The quantitative estimate of drug-likeness (QED) is 0.642. The number of carbonyl (C=O) groups is 1. The zero-order chi connectivity index (χ0) is 12.5. The number of aromatic nitrogens is 3. The predicted octanol–water partition coefficient (Wildman–Crippen LogP) is 2.41. The number of rotatable bonds is 2. The Hall–Kier alpha value is -2.56. The van der Waals surface area contributed by atoms with Crippen LogP contribution in [0.3, 0.4) is 0 Å². The molecule has 3 aromatic rings. The van der Waals surface area contributed by atoms with Crippen LogP contribution in [0.15, 0.2) is 34.9 Å². The number of hydrogen-bond acceptors (Lipinski definition) is 5. The predicted molar refractivity (Wildman–Crippen MR) is 65.2 cm³/mol. The van der Waals surface area contributed by atoms with Crippen molar-refractivity contribution in [3.05, 3.63) is 42.2 Å². The highest BCUT2D eigenvalue weighted by atomic mass is 16.3. The number of oxazole rings is 1. The molecule has 0 saturated carbocycles. The van der Waals surface area contributed by atoms with E-state index in [2.05, 4.69) is 15.0 Å². The van der Waals surface area contributed by atoms with Gasteiger partial charge in [-0.15, -0.1) is 0 Å². The van der Waals surface area contributed by atoms with Crippen molar-refractivity contribution in [2.45, 2.75) is 6.92 Å². The third-order valence-corrected chi connectivity index (χ3v) is 2.57. The molecule has 2 heterocycles. The molecule has 0 unspecified atom stereocenters. The molecule has 18 heavy (non-hydrogen) atoms. The first-order chi connectivity index (χ1) is 8.76. The first-order valence-electron chi connectivity index (χ1n) is 5.42. The Morgan fingerprint density at radius 2 is 2.11 bits per heavy atom. The van der Waals surface area contributed by atoms with Gasteiger partial charge in [-0.1, -0.05) is 6.07 Å². The highest BCUT2D eigenvalue weighted by molar-refractivity contribution is 5.79. The summed E-state index contributed by atoms with van der Waals surface area (Å²) in [6.45, 7) is 1.80. The summed E-state index contributed by atoms with van der Waals surface area (Å²) in [5.74, 6) is 0.791. The van der Waals surface area contributed by atoms with Crippen molar-refractivity contribution in [2.75, 3.05) is 0 Å². The van der Waals surface area contributed by atoms with Gasteiger partial charge in [-0.25, -0.2) is 15.0 Å². The summed E-state index contributed by atoms with van der Waals surface area (Å²) in [5, 5.41) is 0. The van der Waals surface area contributed by atoms with E-state index < -0.39 is 0 Å². The number of hydrogen-bond donors (Lipinski definition) is 0. The average Bonchev–Trinajstić information content (AvgIpc) is 2.77. The molecule has 0 N–H and O–H groups in total. The number of aldehydes is 1. The second-order valence-corrected chi connectivity index (χ2v) is 3.83. The zero-order valence-electron chi connectivity index (χ0n) is 9.62. The van der Waals surface area contributed by atoms with E-state index in [0.29, 0.717) is 23.5 Å². The minimum Gasteiger partial charge on any atom is -0.441 e. The van der Waals surface area contributed by atoms with Gasteiger partial charge in [0.2, 0.25) is 0 Å². The molecular formula is C13H9N3O2. The maximum Gasteiger partial charge on any atom is 0.193 e. The SMILES string of the molecule is Cc1nc2ccc(-c3ccnc(C=O)n3)cc2o1. The molecule has 0 fully saturated rings. The molecule has 0 atom stereocenters. The Morgan fingerprint density at radius 3 is 2.94 bits per heavy atom. The summed E-state index contributed by atoms with van der Waals surface area (Å²) >= 11 is 0. The van der Waals surface area contributed by atoms with Crippen LogP contribution >= 0.6 is 0 Å². The second kappa shape index (κ2) is 4.03. The first kappa shape index (κ1) is 10.6. The summed E-state index contributed by atoms with van der Waals surface area (Å²) < 4.78 is 5.46. The zero-order valence-corrected chi connectivity index (χ0v) is 9.62. The molecule has 0 radical (unpaired) electrons. The van der Waals surface area contributed by atoms with Gasteiger partial charge >= 0.3 is 0 Å². The van der Waals surface area contributed by atoms with Gasteiger partial charge in [-0.2, -0.15) is 0 Å². The highest BCUT2D eigenvalue weighted by Gasteiger charge is 2.06. The van der Waals surface area contributed by atoms with Gasteiger partial charge in [-0.3, -0.25) is 4.79 Å². The van der Waals surface area contributed by atoms with E-state index in [1.165, 1.54) is 0 Å². The molecule has 0 aliphatic rings. The van der Waals surface area contributed by atoms with Crippen LogP contribution in [-0.2, 0) is 0 Å². The van der Waals surface area contributed by atoms with Crippen LogP contribution in [0.4, 0.5) is 0 Å². The lowest BCUT2D eigenvalue weighted by atomic mass is 10.1. The number of fused-ring (bicyclic) bond motifs is 1. The number of nitrogens with zero attached hydrogens (tertiary/aromatic N) is 3. The molecule has 1 aromatic carbocycles. The van der Waals surface area contributed by atoms with Crippen LogP contribution in [-0.4, -0.2) is 21.2 Å². The van der Waals surface area contributed by atoms with Gasteiger partial charge in [0.15, 0.2) is 23.6 Å². The van der Waals surface area contributed by atoms with Crippen LogP contribution in [0.25, 0.3) is 22.4 Å². The van der Waals surface area contributed by atoms with E-state index in [4.69, 9.17) is 4.42 Å².